The van der Waals surface area contributed by atoms with E-state index < -0.39 is 0 Å². The van der Waals surface area contributed by atoms with Crippen LogP contribution in [0.15, 0.2) is 36.7 Å². The standard InChI is InChI=1S/C18H22N6O/c1-13-6-4-5-7-16(13)11-23-12-19-18(22-23)20-17(25)8-9-24-15(3)10-14(2)21-24/h4-7,10,12H,8-9,11H2,1-3H3,(H,20,22,25). The van der Waals surface area contributed by atoms with Crippen LogP contribution in [-0.2, 0) is 17.9 Å². The van der Waals surface area contributed by atoms with Gasteiger partial charge in [-0.3, -0.25) is 14.8 Å². The number of hydrogen-bond acceptors (Lipinski definition) is 4. The number of anilines is 1. The largest absolute Gasteiger partial charge is 0.293 e. The summed E-state index contributed by atoms with van der Waals surface area (Å²) in [6.45, 7) is 7.14. The van der Waals surface area contributed by atoms with Crippen LogP contribution in [0.25, 0.3) is 0 Å². The van der Waals surface area contributed by atoms with Crippen LogP contribution in [0.3, 0.4) is 0 Å². The Morgan fingerprint density at radius 2 is 1.96 bits per heavy atom. The molecule has 0 aliphatic carbocycles. The fourth-order valence-electron chi connectivity index (χ4n) is 2.69. The monoisotopic (exact) mass is 338 g/mol. The van der Waals surface area contributed by atoms with Crippen molar-refractivity contribution in [2.45, 2.75) is 40.3 Å². The highest BCUT2D eigenvalue weighted by Gasteiger charge is 2.09. The van der Waals surface area contributed by atoms with Crippen molar-refractivity contribution in [2.75, 3.05) is 5.32 Å². The minimum Gasteiger partial charge on any atom is -0.293 e. The van der Waals surface area contributed by atoms with Gasteiger partial charge in [-0.15, -0.1) is 5.10 Å². The average molecular weight is 338 g/mol. The van der Waals surface area contributed by atoms with Crippen molar-refractivity contribution < 1.29 is 4.79 Å². The number of nitrogens with zero attached hydrogens (tertiary/aromatic N) is 5. The molecule has 0 unspecified atom stereocenters. The Balaban J connectivity index is 1.55. The highest BCUT2D eigenvalue weighted by Crippen LogP contribution is 2.09. The van der Waals surface area contributed by atoms with Gasteiger partial charge in [0.2, 0.25) is 11.9 Å². The van der Waals surface area contributed by atoms with Gasteiger partial charge < -0.3 is 0 Å². The van der Waals surface area contributed by atoms with E-state index >= 15 is 0 Å². The smallest absolute Gasteiger partial charge is 0.248 e. The molecule has 7 heteroatoms. The van der Waals surface area contributed by atoms with Crippen LogP contribution in [0.4, 0.5) is 5.95 Å². The van der Waals surface area contributed by atoms with Crippen molar-refractivity contribution in [3.05, 3.63) is 59.2 Å². The third kappa shape index (κ3) is 4.32. The molecule has 0 spiro atoms. The van der Waals surface area contributed by atoms with Gasteiger partial charge in [-0.05, 0) is 38.0 Å². The first kappa shape index (κ1) is 16.9. The molecule has 0 saturated carbocycles. The summed E-state index contributed by atoms with van der Waals surface area (Å²) in [5.74, 6) is 0.202. The Morgan fingerprint density at radius 3 is 2.68 bits per heavy atom. The summed E-state index contributed by atoms with van der Waals surface area (Å²) in [4.78, 5) is 16.2. The second-order valence-corrected chi connectivity index (χ2v) is 6.14. The van der Waals surface area contributed by atoms with Gasteiger partial charge in [0.15, 0.2) is 0 Å². The molecule has 0 aliphatic rings. The van der Waals surface area contributed by atoms with E-state index in [0.29, 0.717) is 25.5 Å². The molecule has 0 saturated heterocycles. The molecule has 1 aromatic carbocycles. The summed E-state index contributed by atoms with van der Waals surface area (Å²) >= 11 is 0. The Morgan fingerprint density at radius 1 is 1.16 bits per heavy atom. The molecular formula is C18H22N6O. The molecular weight excluding hydrogens is 316 g/mol. The molecule has 7 nitrogen and oxygen atoms in total. The van der Waals surface area contributed by atoms with E-state index in [1.807, 2.05) is 36.7 Å². The van der Waals surface area contributed by atoms with Crippen molar-refractivity contribution in [1.82, 2.24) is 24.5 Å². The van der Waals surface area contributed by atoms with Crippen LogP contribution in [0.1, 0.15) is 28.9 Å². The highest BCUT2D eigenvalue weighted by molar-refractivity contribution is 5.88. The summed E-state index contributed by atoms with van der Waals surface area (Å²) in [5, 5.41) is 11.4. The second kappa shape index (κ2) is 7.29. The zero-order valence-electron chi connectivity index (χ0n) is 14.7. The summed E-state index contributed by atoms with van der Waals surface area (Å²) in [6, 6.07) is 10.1. The normalized spacial score (nSPS) is 10.8. The zero-order chi connectivity index (χ0) is 17.8. The van der Waals surface area contributed by atoms with Crippen LogP contribution in [0.2, 0.25) is 0 Å². The lowest BCUT2D eigenvalue weighted by atomic mass is 10.1. The third-order valence-electron chi connectivity index (χ3n) is 4.04. The number of carbonyl (C=O) groups excluding carboxylic acids is 1. The first-order chi connectivity index (χ1) is 12.0. The van der Waals surface area contributed by atoms with Crippen molar-refractivity contribution in [1.29, 1.82) is 0 Å². The fourth-order valence-corrected chi connectivity index (χ4v) is 2.69. The first-order valence-corrected chi connectivity index (χ1v) is 8.26. The second-order valence-electron chi connectivity index (χ2n) is 6.14. The molecule has 130 valence electrons. The summed E-state index contributed by atoms with van der Waals surface area (Å²) < 4.78 is 3.55. The van der Waals surface area contributed by atoms with E-state index in [9.17, 15) is 4.79 Å². The molecule has 25 heavy (non-hydrogen) atoms. The predicted octanol–water partition coefficient (Wildman–Crippen LogP) is 2.48. The van der Waals surface area contributed by atoms with E-state index in [-0.39, 0.29) is 5.91 Å². The Bertz CT molecular complexity index is 879. The average Bonchev–Trinajstić information content (AvgIpc) is 3.13. The SMILES string of the molecule is Cc1cc(C)n(CCC(=O)Nc2ncn(Cc3ccccc3C)n2)n1. The lowest BCUT2D eigenvalue weighted by molar-refractivity contribution is -0.116. The van der Waals surface area contributed by atoms with E-state index in [2.05, 4.69) is 39.6 Å². The first-order valence-electron chi connectivity index (χ1n) is 8.26. The number of nitrogens with one attached hydrogen (secondary N) is 1. The number of aromatic nitrogens is 5. The lowest BCUT2D eigenvalue weighted by Crippen LogP contribution is -2.16. The number of hydrogen-bond donors (Lipinski definition) is 1. The molecule has 1 N–H and O–H groups in total. The van der Waals surface area contributed by atoms with Gasteiger partial charge in [-0.2, -0.15) is 5.10 Å². The van der Waals surface area contributed by atoms with Crippen molar-refractivity contribution in [3.63, 3.8) is 0 Å². The Kier molecular flexibility index (Phi) is 4.92. The Labute approximate surface area is 146 Å². The predicted molar refractivity (Wildman–Crippen MR) is 95.3 cm³/mol. The van der Waals surface area contributed by atoms with Gasteiger partial charge in [0.05, 0.1) is 12.2 Å². The van der Waals surface area contributed by atoms with Gasteiger partial charge >= 0.3 is 0 Å². The van der Waals surface area contributed by atoms with Crippen LogP contribution >= 0.6 is 0 Å². The van der Waals surface area contributed by atoms with Crippen LogP contribution < -0.4 is 5.32 Å². The molecule has 0 fully saturated rings. The maximum Gasteiger partial charge on any atom is 0.248 e. The van der Waals surface area contributed by atoms with Gasteiger partial charge in [-0.25, -0.2) is 9.67 Å². The maximum atomic E-state index is 12.1. The molecule has 0 atom stereocenters. The molecule has 1 amide bonds. The summed E-state index contributed by atoms with van der Waals surface area (Å²) in [7, 11) is 0. The van der Waals surface area contributed by atoms with E-state index in [1.54, 1.807) is 11.0 Å². The van der Waals surface area contributed by atoms with Gasteiger partial charge in [-0.1, -0.05) is 24.3 Å². The number of amides is 1. The quantitative estimate of drug-likeness (QED) is 0.749. The fraction of sp³-hybridized carbons (Fsp3) is 0.333. The number of carbonyl (C=O) groups is 1. The number of benzene rings is 1. The summed E-state index contributed by atoms with van der Waals surface area (Å²) in [6.07, 6.45) is 1.96. The van der Waals surface area contributed by atoms with E-state index in [1.165, 1.54) is 11.1 Å². The molecule has 3 aromatic rings. The van der Waals surface area contributed by atoms with E-state index in [0.717, 1.165) is 11.4 Å². The zero-order valence-corrected chi connectivity index (χ0v) is 14.7. The van der Waals surface area contributed by atoms with Crippen molar-refractivity contribution in [2.24, 2.45) is 0 Å². The molecule has 2 heterocycles. The third-order valence-corrected chi connectivity index (χ3v) is 4.04. The van der Waals surface area contributed by atoms with Crippen LogP contribution in [-0.4, -0.2) is 30.5 Å². The minimum atomic E-state index is -0.124. The lowest BCUT2D eigenvalue weighted by Gasteiger charge is -2.05. The molecule has 0 radical (unpaired) electrons. The van der Waals surface area contributed by atoms with Crippen molar-refractivity contribution in [3.8, 4) is 0 Å². The number of rotatable bonds is 6. The van der Waals surface area contributed by atoms with Crippen molar-refractivity contribution >= 4 is 11.9 Å². The summed E-state index contributed by atoms with van der Waals surface area (Å²) in [5.41, 5.74) is 4.38. The molecule has 2 aromatic heterocycles. The van der Waals surface area contributed by atoms with Gasteiger partial charge in [0, 0.05) is 18.7 Å². The minimum absolute atomic E-state index is 0.124. The highest BCUT2D eigenvalue weighted by atomic mass is 16.1. The molecule has 0 bridgehead atoms. The molecule has 0 aliphatic heterocycles. The van der Waals surface area contributed by atoms with Gasteiger partial charge in [0.25, 0.3) is 0 Å². The van der Waals surface area contributed by atoms with E-state index in [4.69, 9.17) is 0 Å². The van der Waals surface area contributed by atoms with Crippen LogP contribution in [0.5, 0.6) is 0 Å². The topological polar surface area (TPSA) is 77.6 Å². The maximum absolute atomic E-state index is 12.1. The number of aryl methyl sites for hydroxylation is 4. The Hall–Kier alpha value is -2.96. The van der Waals surface area contributed by atoms with Gasteiger partial charge in [0.1, 0.15) is 6.33 Å². The van der Waals surface area contributed by atoms with Crippen LogP contribution in [0, 0.1) is 20.8 Å². The molecule has 3 rings (SSSR count).